The molecule has 0 aliphatic carbocycles. The lowest BCUT2D eigenvalue weighted by atomic mass is 9.96. The number of nitrogens with zero attached hydrogens (tertiary/aromatic N) is 1. The summed E-state index contributed by atoms with van der Waals surface area (Å²) in [5.74, 6) is 0. The smallest absolute Gasteiger partial charge is 0.332 e. The molecule has 1 aromatic carbocycles. The van der Waals surface area contributed by atoms with E-state index >= 15 is 0 Å². The molecule has 2 amide bonds. The van der Waals surface area contributed by atoms with Gasteiger partial charge in [-0.3, -0.25) is 0 Å². The van der Waals surface area contributed by atoms with Gasteiger partial charge >= 0.3 is 6.03 Å². The Morgan fingerprint density at radius 2 is 1.67 bits per heavy atom. The summed E-state index contributed by atoms with van der Waals surface area (Å²) in [6.07, 6.45) is 7.59. The first kappa shape index (κ1) is 20.9. The molecule has 0 atom stereocenters. The van der Waals surface area contributed by atoms with Crippen molar-refractivity contribution in [1.82, 2.24) is 5.32 Å². The number of rotatable bonds is 9. The van der Waals surface area contributed by atoms with Gasteiger partial charge in [-0.05, 0) is 44.2 Å². The van der Waals surface area contributed by atoms with E-state index in [-0.39, 0.29) is 11.6 Å². The number of urea groups is 1. The number of para-hydroxylation sites is 1. The van der Waals surface area contributed by atoms with E-state index in [1.54, 1.807) is 0 Å². The summed E-state index contributed by atoms with van der Waals surface area (Å²) in [7, 11) is 0. The van der Waals surface area contributed by atoms with Gasteiger partial charge in [0.25, 0.3) is 0 Å². The minimum absolute atomic E-state index is 0.144. The molecule has 0 radical (unpaired) electrons. The van der Waals surface area contributed by atoms with Crippen LogP contribution in [0.3, 0.4) is 0 Å². The van der Waals surface area contributed by atoms with Crippen LogP contribution in [0.1, 0.15) is 77.8 Å². The SMILES string of the molecule is CCCCCCC(C)(C)NC(=O)N(S)c1c(CC)cccc1CC. The molecule has 1 aromatic rings. The van der Waals surface area contributed by atoms with Gasteiger partial charge in [-0.2, -0.15) is 0 Å². The number of hydrogen-bond acceptors (Lipinski definition) is 2. The first-order valence-electron chi connectivity index (χ1n) is 9.28. The predicted molar refractivity (Wildman–Crippen MR) is 108 cm³/mol. The van der Waals surface area contributed by atoms with E-state index in [2.05, 4.69) is 70.9 Å². The summed E-state index contributed by atoms with van der Waals surface area (Å²) in [6.45, 7) is 10.6. The lowest BCUT2D eigenvalue weighted by Crippen LogP contribution is -2.48. The fourth-order valence-electron chi connectivity index (χ4n) is 2.99. The molecule has 1 rings (SSSR count). The second-order valence-electron chi connectivity index (χ2n) is 7.07. The van der Waals surface area contributed by atoms with Crippen LogP contribution in [-0.2, 0) is 12.8 Å². The number of benzene rings is 1. The highest BCUT2D eigenvalue weighted by atomic mass is 32.1. The van der Waals surface area contributed by atoms with Gasteiger partial charge in [0.2, 0.25) is 0 Å². The summed E-state index contributed by atoms with van der Waals surface area (Å²) < 4.78 is 1.49. The maximum atomic E-state index is 12.7. The lowest BCUT2D eigenvalue weighted by Gasteiger charge is -2.30. The van der Waals surface area contributed by atoms with Crippen LogP contribution in [0.15, 0.2) is 18.2 Å². The van der Waals surface area contributed by atoms with Crippen molar-refractivity contribution in [3.63, 3.8) is 0 Å². The quantitative estimate of drug-likeness (QED) is 0.420. The number of thiol groups is 1. The summed E-state index contributed by atoms with van der Waals surface area (Å²) in [6, 6.07) is 6.05. The summed E-state index contributed by atoms with van der Waals surface area (Å²) in [5, 5.41) is 3.14. The van der Waals surface area contributed by atoms with Gasteiger partial charge in [0.05, 0.1) is 5.69 Å². The maximum absolute atomic E-state index is 12.7. The van der Waals surface area contributed by atoms with Crippen LogP contribution in [0.25, 0.3) is 0 Å². The Morgan fingerprint density at radius 3 is 2.17 bits per heavy atom. The Hall–Kier alpha value is -1.16. The van der Waals surface area contributed by atoms with Gasteiger partial charge in [-0.15, -0.1) is 0 Å². The Balaban J connectivity index is 2.81. The van der Waals surface area contributed by atoms with Gasteiger partial charge in [-0.25, -0.2) is 9.10 Å². The highest BCUT2D eigenvalue weighted by molar-refractivity contribution is 7.82. The van der Waals surface area contributed by atoms with Crippen LogP contribution in [0.5, 0.6) is 0 Å². The van der Waals surface area contributed by atoms with Crippen LogP contribution in [0, 0.1) is 0 Å². The standard InChI is InChI=1S/C20H34N2OS/c1-6-9-10-11-15-20(4,5)21-19(23)22(24)18-16(7-2)13-12-14-17(18)8-3/h12-14,24H,6-11,15H2,1-5H3,(H,21,23). The largest absolute Gasteiger partial charge is 0.332 e. The lowest BCUT2D eigenvalue weighted by molar-refractivity contribution is 0.236. The van der Waals surface area contributed by atoms with Crippen molar-refractivity contribution < 1.29 is 4.79 Å². The van der Waals surface area contributed by atoms with E-state index in [4.69, 9.17) is 0 Å². The first-order valence-corrected chi connectivity index (χ1v) is 9.68. The predicted octanol–water partition coefficient (Wildman–Crippen LogP) is 5.92. The molecular weight excluding hydrogens is 316 g/mol. The normalized spacial score (nSPS) is 11.4. The van der Waals surface area contributed by atoms with E-state index in [9.17, 15) is 4.79 Å². The zero-order valence-corrected chi connectivity index (χ0v) is 16.9. The van der Waals surface area contributed by atoms with Crippen molar-refractivity contribution in [3.8, 4) is 0 Å². The third kappa shape index (κ3) is 6.04. The molecule has 1 N–H and O–H groups in total. The molecule has 4 heteroatoms. The average molecular weight is 351 g/mol. The minimum Gasteiger partial charge on any atom is -0.332 e. The number of hydrogen-bond donors (Lipinski definition) is 2. The molecule has 0 aliphatic heterocycles. The first-order chi connectivity index (χ1) is 11.4. The number of nitrogens with one attached hydrogen (secondary N) is 1. The van der Waals surface area contributed by atoms with Gasteiger partial charge in [0.1, 0.15) is 0 Å². The highest BCUT2D eigenvalue weighted by Gasteiger charge is 2.25. The summed E-state index contributed by atoms with van der Waals surface area (Å²) in [4.78, 5) is 12.7. The molecule has 3 nitrogen and oxygen atoms in total. The second-order valence-corrected chi connectivity index (χ2v) is 7.47. The topological polar surface area (TPSA) is 32.3 Å². The molecule has 0 saturated carbocycles. The van der Waals surface area contributed by atoms with Crippen LogP contribution < -0.4 is 9.62 Å². The van der Waals surface area contributed by atoms with Crippen LogP contribution in [-0.4, -0.2) is 11.6 Å². The minimum atomic E-state index is -0.223. The molecule has 136 valence electrons. The third-order valence-electron chi connectivity index (χ3n) is 4.47. The highest BCUT2D eigenvalue weighted by Crippen LogP contribution is 2.29. The molecule has 0 saturated heterocycles. The van der Waals surface area contributed by atoms with Crippen LogP contribution in [0.2, 0.25) is 0 Å². The van der Waals surface area contributed by atoms with Gasteiger partial charge < -0.3 is 5.32 Å². The number of aryl methyl sites for hydroxylation is 2. The molecule has 24 heavy (non-hydrogen) atoms. The van der Waals surface area contributed by atoms with Gasteiger partial charge in [0, 0.05) is 5.54 Å². The number of unbranched alkanes of at least 4 members (excludes halogenated alkanes) is 3. The number of carbonyl (C=O) groups is 1. The Morgan fingerprint density at radius 1 is 1.08 bits per heavy atom. The maximum Gasteiger partial charge on any atom is 0.332 e. The Bertz CT molecular complexity index is 506. The fraction of sp³-hybridized carbons (Fsp3) is 0.650. The van der Waals surface area contributed by atoms with Crippen LogP contribution in [0.4, 0.5) is 10.5 Å². The zero-order chi connectivity index (χ0) is 18.2. The van der Waals surface area contributed by atoms with E-state index < -0.39 is 0 Å². The molecule has 0 aromatic heterocycles. The monoisotopic (exact) mass is 350 g/mol. The third-order valence-corrected chi connectivity index (χ3v) is 4.85. The molecule has 0 heterocycles. The second kappa shape index (κ2) is 9.97. The van der Waals surface area contributed by atoms with E-state index in [1.165, 1.54) is 23.6 Å². The van der Waals surface area contributed by atoms with Crippen molar-refractivity contribution in [2.45, 2.75) is 85.1 Å². The zero-order valence-electron chi connectivity index (χ0n) is 16.0. The number of amides is 2. The van der Waals surface area contributed by atoms with Gasteiger partial charge in [-0.1, -0.05) is 77.5 Å². The fourth-order valence-corrected chi connectivity index (χ4v) is 3.29. The Labute approximate surface area is 153 Å². The molecule has 0 bridgehead atoms. The van der Waals surface area contributed by atoms with E-state index in [0.717, 1.165) is 42.5 Å². The molecule has 0 spiro atoms. The van der Waals surface area contributed by atoms with Crippen molar-refractivity contribution in [2.75, 3.05) is 4.31 Å². The average Bonchev–Trinajstić information content (AvgIpc) is 2.56. The van der Waals surface area contributed by atoms with Crippen molar-refractivity contribution in [1.29, 1.82) is 0 Å². The van der Waals surface area contributed by atoms with E-state index in [1.807, 2.05) is 0 Å². The van der Waals surface area contributed by atoms with Crippen molar-refractivity contribution in [3.05, 3.63) is 29.3 Å². The molecule has 0 fully saturated rings. The molecule has 0 unspecified atom stereocenters. The van der Waals surface area contributed by atoms with Crippen molar-refractivity contribution >= 4 is 24.5 Å². The summed E-state index contributed by atoms with van der Waals surface area (Å²) in [5.41, 5.74) is 3.02. The van der Waals surface area contributed by atoms with Crippen molar-refractivity contribution in [2.24, 2.45) is 0 Å². The van der Waals surface area contributed by atoms with Crippen LogP contribution >= 0.6 is 12.8 Å². The van der Waals surface area contributed by atoms with Gasteiger partial charge in [0.15, 0.2) is 0 Å². The molecule has 0 aliphatic rings. The summed E-state index contributed by atoms with van der Waals surface area (Å²) >= 11 is 4.52. The molecular formula is C20H34N2OS. The Kier molecular flexibility index (Phi) is 8.68. The number of anilines is 1. The van der Waals surface area contributed by atoms with E-state index in [0.29, 0.717) is 0 Å². The number of carbonyl (C=O) groups excluding carboxylic acids is 1.